The molecule has 16 heavy (non-hydrogen) atoms. The highest BCUT2D eigenvalue weighted by Gasteiger charge is 2.19. The van der Waals surface area contributed by atoms with Crippen LogP contribution in [0.2, 0.25) is 0 Å². The minimum atomic E-state index is 0.614. The Labute approximate surface area is 94.9 Å². The number of hydrogen-bond donors (Lipinski definition) is 0. The van der Waals surface area contributed by atoms with Gasteiger partial charge >= 0.3 is 0 Å². The highest BCUT2D eigenvalue weighted by atomic mass is 15.2. The van der Waals surface area contributed by atoms with Crippen LogP contribution >= 0.6 is 0 Å². The molecule has 0 unspecified atom stereocenters. The lowest BCUT2D eigenvalue weighted by molar-refractivity contribution is 0.252. The normalized spacial score (nSPS) is 19.3. The van der Waals surface area contributed by atoms with Crippen LogP contribution in [-0.4, -0.2) is 39.6 Å². The SMILES string of the molecule is CN1CCC(c2ccc3nccn3n2)CC1. The number of aromatic nitrogens is 3. The summed E-state index contributed by atoms with van der Waals surface area (Å²) in [5.41, 5.74) is 2.13. The number of fused-ring (bicyclic) bond motifs is 1. The Morgan fingerprint density at radius 2 is 2.06 bits per heavy atom. The van der Waals surface area contributed by atoms with Crippen LogP contribution in [0.1, 0.15) is 24.5 Å². The van der Waals surface area contributed by atoms with E-state index in [1.807, 2.05) is 10.7 Å². The van der Waals surface area contributed by atoms with Crippen molar-refractivity contribution in [3.63, 3.8) is 0 Å². The first-order valence-electron chi connectivity index (χ1n) is 5.82. The summed E-state index contributed by atoms with van der Waals surface area (Å²) >= 11 is 0. The van der Waals surface area contributed by atoms with Crippen LogP contribution in [0.4, 0.5) is 0 Å². The van der Waals surface area contributed by atoms with Crippen LogP contribution in [0, 0.1) is 0 Å². The van der Waals surface area contributed by atoms with Gasteiger partial charge in [0, 0.05) is 18.3 Å². The van der Waals surface area contributed by atoms with E-state index >= 15 is 0 Å². The van der Waals surface area contributed by atoms with Crippen LogP contribution in [0.25, 0.3) is 5.65 Å². The van der Waals surface area contributed by atoms with Gasteiger partial charge in [0.15, 0.2) is 5.65 Å². The summed E-state index contributed by atoms with van der Waals surface area (Å²) in [4.78, 5) is 6.59. The van der Waals surface area contributed by atoms with Crippen molar-refractivity contribution in [2.75, 3.05) is 20.1 Å². The van der Waals surface area contributed by atoms with Gasteiger partial charge in [-0.1, -0.05) is 0 Å². The van der Waals surface area contributed by atoms with Gasteiger partial charge in [-0.05, 0) is 45.1 Å². The fraction of sp³-hybridized carbons (Fsp3) is 0.500. The van der Waals surface area contributed by atoms with Crippen molar-refractivity contribution < 1.29 is 0 Å². The topological polar surface area (TPSA) is 33.4 Å². The smallest absolute Gasteiger partial charge is 0.153 e. The van der Waals surface area contributed by atoms with Crippen LogP contribution < -0.4 is 0 Å². The molecule has 84 valence electrons. The second kappa shape index (κ2) is 3.87. The predicted molar refractivity (Wildman–Crippen MR) is 62.5 cm³/mol. The lowest BCUT2D eigenvalue weighted by Gasteiger charge is -2.28. The van der Waals surface area contributed by atoms with Gasteiger partial charge in [0.2, 0.25) is 0 Å². The minimum absolute atomic E-state index is 0.614. The zero-order chi connectivity index (χ0) is 11.0. The highest BCUT2D eigenvalue weighted by Crippen LogP contribution is 2.25. The van der Waals surface area contributed by atoms with E-state index in [4.69, 9.17) is 0 Å². The number of hydrogen-bond acceptors (Lipinski definition) is 3. The summed E-state index contributed by atoms with van der Waals surface area (Å²) in [5, 5.41) is 4.62. The van der Waals surface area contributed by atoms with Crippen molar-refractivity contribution in [1.82, 2.24) is 19.5 Å². The Kier molecular flexibility index (Phi) is 2.36. The zero-order valence-corrected chi connectivity index (χ0v) is 9.50. The van der Waals surface area contributed by atoms with E-state index in [1.54, 1.807) is 6.20 Å². The van der Waals surface area contributed by atoms with E-state index < -0.39 is 0 Å². The Bertz CT molecular complexity index is 482. The Morgan fingerprint density at radius 3 is 2.88 bits per heavy atom. The maximum absolute atomic E-state index is 4.62. The lowest BCUT2D eigenvalue weighted by atomic mass is 9.94. The molecular weight excluding hydrogens is 200 g/mol. The van der Waals surface area contributed by atoms with E-state index in [-0.39, 0.29) is 0 Å². The molecule has 0 saturated carbocycles. The third kappa shape index (κ3) is 1.69. The first-order chi connectivity index (χ1) is 7.83. The minimum Gasteiger partial charge on any atom is -0.306 e. The molecule has 1 fully saturated rings. The van der Waals surface area contributed by atoms with Gasteiger partial charge in [-0.2, -0.15) is 5.10 Å². The fourth-order valence-electron chi connectivity index (χ4n) is 2.35. The molecule has 0 aromatic carbocycles. The van der Waals surface area contributed by atoms with E-state index in [9.17, 15) is 0 Å². The molecule has 4 nitrogen and oxygen atoms in total. The molecule has 0 amide bonds. The summed E-state index contributed by atoms with van der Waals surface area (Å²) in [7, 11) is 2.18. The second-order valence-corrected chi connectivity index (χ2v) is 4.57. The molecule has 0 aliphatic carbocycles. The Morgan fingerprint density at radius 1 is 1.25 bits per heavy atom. The molecule has 3 rings (SSSR count). The van der Waals surface area contributed by atoms with Crippen molar-refractivity contribution in [2.45, 2.75) is 18.8 Å². The average Bonchev–Trinajstić information content (AvgIpc) is 2.77. The van der Waals surface area contributed by atoms with Gasteiger partial charge in [-0.25, -0.2) is 9.50 Å². The average molecular weight is 216 g/mol. The molecule has 0 spiro atoms. The summed E-state index contributed by atoms with van der Waals surface area (Å²) in [6.07, 6.45) is 6.13. The van der Waals surface area contributed by atoms with Crippen molar-refractivity contribution in [1.29, 1.82) is 0 Å². The maximum atomic E-state index is 4.62. The van der Waals surface area contributed by atoms with Crippen LogP contribution in [0.3, 0.4) is 0 Å². The second-order valence-electron chi connectivity index (χ2n) is 4.57. The summed E-state index contributed by atoms with van der Waals surface area (Å²) in [6.45, 7) is 2.35. The molecule has 2 aromatic heterocycles. The number of likely N-dealkylation sites (tertiary alicyclic amines) is 1. The molecule has 0 N–H and O–H groups in total. The first-order valence-corrected chi connectivity index (χ1v) is 5.82. The molecule has 4 heteroatoms. The van der Waals surface area contributed by atoms with Gasteiger partial charge in [0.25, 0.3) is 0 Å². The molecule has 1 saturated heterocycles. The van der Waals surface area contributed by atoms with Gasteiger partial charge in [-0.3, -0.25) is 0 Å². The van der Waals surface area contributed by atoms with Gasteiger partial charge in [0.05, 0.1) is 5.69 Å². The van der Waals surface area contributed by atoms with Crippen LogP contribution in [0.5, 0.6) is 0 Å². The number of nitrogens with zero attached hydrogens (tertiary/aromatic N) is 4. The monoisotopic (exact) mass is 216 g/mol. The van der Waals surface area contributed by atoms with Gasteiger partial charge < -0.3 is 4.90 Å². The van der Waals surface area contributed by atoms with E-state index in [2.05, 4.69) is 34.2 Å². The van der Waals surface area contributed by atoms with Crippen LogP contribution in [0.15, 0.2) is 24.5 Å². The predicted octanol–water partition coefficient (Wildman–Crippen LogP) is 1.54. The Hall–Kier alpha value is -1.42. The van der Waals surface area contributed by atoms with E-state index in [0.717, 1.165) is 5.65 Å². The fourth-order valence-corrected chi connectivity index (χ4v) is 2.35. The third-order valence-corrected chi connectivity index (χ3v) is 3.41. The number of imidazole rings is 1. The van der Waals surface area contributed by atoms with Gasteiger partial charge in [0.1, 0.15) is 0 Å². The zero-order valence-electron chi connectivity index (χ0n) is 9.50. The summed E-state index contributed by atoms with van der Waals surface area (Å²) in [5.74, 6) is 0.614. The van der Waals surface area contributed by atoms with E-state index in [0.29, 0.717) is 5.92 Å². The molecule has 2 aromatic rings. The van der Waals surface area contributed by atoms with Gasteiger partial charge in [-0.15, -0.1) is 0 Å². The van der Waals surface area contributed by atoms with Crippen molar-refractivity contribution in [3.8, 4) is 0 Å². The van der Waals surface area contributed by atoms with Crippen LogP contribution in [-0.2, 0) is 0 Å². The number of piperidine rings is 1. The number of rotatable bonds is 1. The molecule has 0 radical (unpaired) electrons. The molecule has 1 aliphatic heterocycles. The highest BCUT2D eigenvalue weighted by molar-refractivity contribution is 5.36. The summed E-state index contributed by atoms with van der Waals surface area (Å²) < 4.78 is 1.87. The molecule has 3 heterocycles. The first kappa shape index (κ1) is 9.78. The quantitative estimate of drug-likeness (QED) is 0.725. The van der Waals surface area contributed by atoms with Crippen molar-refractivity contribution in [3.05, 3.63) is 30.2 Å². The Balaban J connectivity index is 1.87. The largest absolute Gasteiger partial charge is 0.306 e. The third-order valence-electron chi connectivity index (χ3n) is 3.41. The summed E-state index contributed by atoms with van der Waals surface area (Å²) in [6, 6.07) is 4.18. The maximum Gasteiger partial charge on any atom is 0.153 e. The molecular formula is C12H16N4. The van der Waals surface area contributed by atoms with Crippen molar-refractivity contribution in [2.24, 2.45) is 0 Å². The van der Waals surface area contributed by atoms with Crippen molar-refractivity contribution >= 4 is 5.65 Å². The molecule has 1 aliphatic rings. The standard InChI is InChI=1S/C12H16N4/c1-15-7-4-10(5-8-15)11-2-3-12-13-6-9-16(12)14-11/h2-3,6,9-10H,4-5,7-8H2,1H3. The van der Waals surface area contributed by atoms with E-state index in [1.165, 1.54) is 31.6 Å². The lowest BCUT2D eigenvalue weighted by Crippen LogP contribution is -2.29. The molecule has 0 atom stereocenters. The molecule has 0 bridgehead atoms.